The number of aryl methyl sites for hydroxylation is 1. The van der Waals surface area contributed by atoms with Crippen molar-refractivity contribution in [2.45, 2.75) is 39.2 Å². The second-order valence-corrected chi connectivity index (χ2v) is 7.86. The Morgan fingerprint density at radius 3 is 2.47 bits per heavy atom. The molecule has 0 bridgehead atoms. The van der Waals surface area contributed by atoms with Crippen LogP contribution in [0.25, 0.3) is 0 Å². The summed E-state index contributed by atoms with van der Waals surface area (Å²) in [5.41, 5.74) is 2.17. The molecule has 1 aliphatic rings. The summed E-state index contributed by atoms with van der Waals surface area (Å²) in [4.78, 5) is 19.5. The predicted molar refractivity (Wildman–Crippen MR) is 140 cm³/mol. The maximum absolute atomic E-state index is 12.1. The van der Waals surface area contributed by atoms with Gasteiger partial charge in [0.25, 0.3) is 5.91 Å². The molecule has 7 nitrogen and oxygen atoms in total. The molecule has 0 spiro atoms. The first-order valence-electron chi connectivity index (χ1n) is 11.3. The molecule has 3 N–H and O–H groups in total. The maximum Gasteiger partial charge on any atom is 0.287 e. The summed E-state index contributed by atoms with van der Waals surface area (Å²) in [6.45, 7) is 9.02. The Morgan fingerprint density at radius 2 is 1.81 bits per heavy atom. The molecule has 2 heterocycles. The smallest absolute Gasteiger partial charge is 0.287 e. The van der Waals surface area contributed by atoms with Crippen LogP contribution >= 0.6 is 24.0 Å². The van der Waals surface area contributed by atoms with Gasteiger partial charge < -0.3 is 20.4 Å². The Labute approximate surface area is 208 Å². The summed E-state index contributed by atoms with van der Waals surface area (Å²) in [5.74, 6) is 1.03. The number of benzene rings is 1. The van der Waals surface area contributed by atoms with E-state index in [1.807, 2.05) is 6.92 Å². The van der Waals surface area contributed by atoms with Gasteiger partial charge in [-0.05, 0) is 57.8 Å². The largest absolute Gasteiger partial charge is 0.459 e. The lowest BCUT2D eigenvalue weighted by Crippen LogP contribution is -2.39. The molecule has 1 saturated heterocycles. The molecule has 1 aromatic carbocycles. The highest BCUT2D eigenvalue weighted by atomic mass is 127. The highest BCUT2D eigenvalue weighted by molar-refractivity contribution is 14.0. The average Bonchev–Trinajstić information content (AvgIpc) is 3.46. The Hall–Kier alpha value is -2.07. The number of furan rings is 1. The second kappa shape index (κ2) is 14.2. The minimum absolute atomic E-state index is 0. The van der Waals surface area contributed by atoms with Crippen molar-refractivity contribution in [2.75, 3.05) is 39.3 Å². The number of guanidine groups is 1. The molecule has 1 aliphatic heterocycles. The SMILES string of the molecule is CCNC(=NCC(c1ccccc1)N1CCCC1)NCCCNC(=O)c1occc1C.I. The van der Waals surface area contributed by atoms with Crippen LogP contribution in [0.15, 0.2) is 52.1 Å². The van der Waals surface area contributed by atoms with Crippen LogP contribution in [0.2, 0.25) is 0 Å². The van der Waals surface area contributed by atoms with E-state index in [-0.39, 0.29) is 29.9 Å². The number of hydrogen-bond donors (Lipinski definition) is 3. The summed E-state index contributed by atoms with van der Waals surface area (Å²) >= 11 is 0. The molecule has 0 saturated carbocycles. The maximum atomic E-state index is 12.1. The van der Waals surface area contributed by atoms with Crippen molar-refractivity contribution in [1.29, 1.82) is 0 Å². The van der Waals surface area contributed by atoms with Gasteiger partial charge in [-0.3, -0.25) is 14.7 Å². The van der Waals surface area contributed by atoms with Crippen LogP contribution in [0.4, 0.5) is 0 Å². The second-order valence-electron chi connectivity index (χ2n) is 7.86. The first kappa shape index (κ1) is 26.2. The fourth-order valence-corrected chi connectivity index (χ4v) is 3.86. The van der Waals surface area contributed by atoms with Crippen molar-refractivity contribution in [2.24, 2.45) is 4.99 Å². The van der Waals surface area contributed by atoms with Crippen molar-refractivity contribution in [3.05, 3.63) is 59.5 Å². The third-order valence-corrected chi connectivity index (χ3v) is 5.53. The molecule has 0 aliphatic carbocycles. The van der Waals surface area contributed by atoms with Gasteiger partial charge in [0.15, 0.2) is 11.7 Å². The lowest BCUT2D eigenvalue weighted by Gasteiger charge is -2.27. The van der Waals surface area contributed by atoms with Gasteiger partial charge in [-0.15, -0.1) is 24.0 Å². The quantitative estimate of drug-likeness (QED) is 0.181. The van der Waals surface area contributed by atoms with Crippen molar-refractivity contribution in [1.82, 2.24) is 20.9 Å². The van der Waals surface area contributed by atoms with Crippen molar-refractivity contribution in [3.63, 3.8) is 0 Å². The molecular formula is C24H36IN5O2. The molecular weight excluding hydrogens is 517 g/mol. The summed E-state index contributed by atoms with van der Waals surface area (Å²) in [7, 11) is 0. The summed E-state index contributed by atoms with van der Waals surface area (Å²) in [6.07, 6.45) is 4.85. The molecule has 3 rings (SSSR count). The molecule has 176 valence electrons. The van der Waals surface area contributed by atoms with Crippen LogP contribution in [0, 0.1) is 6.92 Å². The Balaban J connectivity index is 0.00000363. The van der Waals surface area contributed by atoms with Gasteiger partial charge in [-0.2, -0.15) is 0 Å². The fourth-order valence-electron chi connectivity index (χ4n) is 3.86. The number of hydrogen-bond acceptors (Lipinski definition) is 4. The first-order chi connectivity index (χ1) is 15.2. The number of carbonyl (C=O) groups is 1. The van der Waals surface area contributed by atoms with Crippen LogP contribution in [-0.4, -0.2) is 56.0 Å². The minimum Gasteiger partial charge on any atom is -0.459 e. The minimum atomic E-state index is -0.167. The Morgan fingerprint density at radius 1 is 1.09 bits per heavy atom. The topological polar surface area (TPSA) is 81.9 Å². The highest BCUT2D eigenvalue weighted by Gasteiger charge is 2.23. The molecule has 1 unspecified atom stereocenters. The zero-order valence-electron chi connectivity index (χ0n) is 19.1. The Kier molecular flexibility index (Phi) is 11.6. The van der Waals surface area contributed by atoms with Crippen LogP contribution in [0.1, 0.15) is 53.9 Å². The number of rotatable bonds is 10. The number of halogens is 1. The predicted octanol–water partition coefficient (Wildman–Crippen LogP) is 3.72. The number of nitrogens with one attached hydrogen (secondary N) is 3. The third-order valence-electron chi connectivity index (χ3n) is 5.53. The lowest BCUT2D eigenvalue weighted by atomic mass is 10.1. The number of carbonyl (C=O) groups excluding carboxylic acids is 1. The van der Waals surface area contributed by atoms with Gasteiger partial charge >= 0.3 is 0 Å². The van der Waals surface area contributed by atoms with Crippen molar-refractivity contribution < 1.29 is 9.21 Å². The van der Waals surface area contributed by atoms with Crippen LogP contribution in [-0.2, 0) is 0 Å². The molecule has 2 aromatic rings. The van der Waals surface area contributed by atoms with Crippen LogP contribution in [0.5, 0.6) is 0 Å². The van der Waals surface area contributed by atoms with Gasteiger partial charge in [0.05, 0.1) is 18.8 Å². The van der Waals surface area contributed by atoms with Gasteiger partial charge in [-0.1, -0.05) is 30.3 Å². The average molecular weight is 553 g/mol. The zero-order valence-corrected chi connectivity index (χ0v) is 21.4. The molecule has 1 fully saturated rings. The molecule has 1 atom stereocenters. The summed E-state index contributed by atoms with van der Waals surface area (Å²) < 4.78 is 5.23. The molecule has 1 amide bonds. The van der Waals surface area contributed by atoms with Gasteiger partial charge in [0, 0.05) is 25.2 Å². The van der Waals surface area contributed by atoms with E-state index in [9.17, 15) is 4.79 Å². The third kappa shape index (κ3) is 7.81. The molecule has 0 radical (unpaired) electrons. The molecule has 8 heteroatoms. The number of amides is 1. The normalized spacial score (nSPS) is 15.1. The van der Waals surface area contributed by atoms with Crippen LogP contribution < -0.4 is 16.0 Å². The summed E-state index contributed by atoms with van der Waals surface area (Å²) in [5, 5.41) is 9.61. The van der Waals surface area contributed by atoms with E-state index in [4.69, 9.17) is 9.41 Å². The number of likely N-dealkylation sites (tertiary alicyclic amines) is 1. The molecule has 32 heavy (non-hydrogen) atoms. The fraction of sp³-hybridized carbons (Fsp3) is 0.500. The van der Waals surface area contributed by atoms with E-state index in [2.05, 4.69) is 58.1 Å². The Bertz CT molecular complexity index is 834. The zero-order chi connectivity index (χ0) is 21.9. The highest BCUT2D eigenvalue weighted by Crippen LogP contribution is 2.25. The van der Waals surface area contributed by atoms with E-state index >= 15 is 0 Å². The lowest BCUT2D eigenvalue weighted by molar-refractivity contribution is 0.0925. The van der Waals surface area contributed by atoms with E-state index in [0.717, 1.165) is 44.1 Å². The van der Waals surface area contributed by atoms with Crippen molar-refractivity contribution in [3.8, 4) is 0 Å². The number of nitrogens with zero attached hydrogens (tertiary/aromatic N) is 2. The number of aliphatic imine (C=N–C) groups is 1. The standard InChI is InChI=1S/C24H35N5O2.HI/c1-3-25-24(27-14-9-13-26-23(30)22-19(2)12-17-31-22)28-18-21(29-15-7-8-16-29)20-10-5-4-6-11-20;/h4-6,10-12,17,21H,3,7-9,13-16,18H2,1-2H3,(H,26,30)(H2,25,27,28);1H. The van der Waals surface area contributed by atoms with Crippen LogP contribution in [0.3, 0.4) is 0 Å². The van der Waals surface area contributed by atoms with Gasteiger partial charge in [-0.25, -0.2) is 0 Å². The van der Waals surface area contributed by atoms with E-state index < -0.39 is 0 Å². The first-order valence-corrected chi connectivity index (χ1v) is 11.3. The van der Waals surface area contributed by atoms with Gasteiger partial charge in [0.1, 0.15) is 0 Å². The monoisotopic (exact) mass is 553 g/mol. The van der Waals surface area contributed by atoms with E-state index in [0.29, 0.717) is 24.9 Å². The van der Waals surface area contributed by atoms with E-state index in [1.165, 1.54) is 24.7 Å². The molecule has 1 aromatic heterocycles. The van der Waals surface area contributed by atoms with Gasteiger partial charge in [0.2, 0.25) is 0 Å². The summed E-state index contributed by atoms with van der Waals surface area (Å²) in [6, 6.07) is 12.7. The van der Waals surface area contributed by atoms with E-state index in [1.54, 1.807) is 6.07 Å². The van der Waals surface area contributed by atoms with Crippen molar-refractivity contribution >= 4 is 35.8 Å².